The Bertz CT molecular complexity index is 990. The second-order valence-electron chi connectivity index (χ2n) is 8.35. The van der Waals surface area contributed by atoms with E-state index in [1.54, 1.807) is 7.11 Å². The van der Waals surface area contributed by atoms with Crippen LogP contribution in [0.1, 0.15) is 70.7 Å². The molecule has 0 saturated carbocycles. The van der Waals surface area contributed by atoms with Gasteiger partial charge in [-0.1, -0.05) is 97.0 Å². The van der Waals surface area contributed by atoms with Crippen molar-refractivity contribution in [2.45, 2.75) is 67.2 Å². The first-order chi connectivity index (χ1) is 14.4. The third-order valence-electron chi connectivity index (χ3n) is 5.35. The average Bonchev–Trinajstić information content (AvgIpc) is 3.13. The number of hydrogen-bond donors (Lipinski definition) is 0. The Morgan fingerprint density at radius 2 is 1.37 bits per heavy atom. The molecule has 30 heavy (non-hydrogen) atoms. The normalized spacial score (nSPS) is 11.4. The molecule has 0 bridgehead atoms. The van der Waals surface area contributed by atoms with E-state index in [4.69, 9.17) is 4.74 Å². The molecule has 1 nitrogen and oxygen atoms in total. The van der Waals surface area contributed by atoms with E-state index < -0.39 is 0 Å². The minimum Gasteiger partial charge on any atom is -0.496 e. The van der Waals surface area contributed by atoms with E-state index in [-0.39, 0.29) is 5.41 Å². The van der Waals surface area contributed by atoms with E-state index in [2.05, 4.69) is 82.3 Å². The fourth-order valence-electron chi connectivity index (χ4n) is 4.08. The third-order valence-corrected chi connectivity index (χ3v) is 5.35. The fraction of sp³-hybridized carbons (Fsp3) is 0.379. The Balaban J connectivity index is 0.000000757. The zero-order chi connectivity index (χ0) is 22.5. The summed E-state index contributed by atoms with van der Waals surface area (Å²) in [6, 6.07) is 20.1. The predicted octanol–water partition coefficient (Wildman–Crippen LogP) is 8.59. The van der Waals surface area contributed by atoms with Gasteiger partial charge in [-0.25, -0.2) is 0 Å². The second-order valence-corrected chi connectivity index (χ2v) is 8.35. The van der Waals surface area contributed by atoms with Crippen molar-refractivity contribution in [3.05, 3.63) is 76.9 Å². The van der Waals surface area contributed by atoms with Gasteiger partial charge < -0.3 is 4.74 Å². The molecule has 3 aromatic carbocycles. The first-order valence-corrected chi connectivity index (χ1v) is 11.3. The average molecular weight is 403 g/mol. The molecule has 0 heterocycles. The zero-order valence-corrected chi connectivity index (χ0v) is 20.3. The van der Waals surface area contributed by atoms with E-state index in [0.29, 0.717) is 0 Å². The summed E-state index contributed by atoms with van der Waals surface area (Å²) in [7, 11) is 1.78. The van der Waals surface area contributed by atoms with Crippen molar-refractivity contribution in [2.24, 2.45) is 0 Å². The molecule has 1 aliphatic rings. The Kier molecular flexibility index (Phi) is 7.89. The predicted molar refractivity (Wildman–Crippen MR) is 133 cm³/mol. The zero-order valence-electron chi connectivity index (χ0n) is 20.3. The summed E-state index contributed by atoms with van der Waals surface area (Å²) in [6.45, 7) is 16.9. The van der Waals surface area contributed by atoms with Gasteiger partial charge in [0.05, 0.1) is 7.11 Å². The van der Waals surface area contributed by atoms with Crippen molar-refractivity contribution in [3.63, 3.8) is 0 Å². The molecule has 0 fully saturated rings. The standard InChI is InChI=1S/C25H26O.2C2H6/c1-16-12-22(24(26-5)23(13-16)25(2,3)4)18-10-11-21-19(15-18)14-17-8-6-7-9-20(17)21;2*1-2/h6-13,15H,14H2,1-5H3;2*1-2H3. The molecule has 0 amide bonds. The second kappa shape index (κ2) is 9.98. The van der Waals surface area contributed by atoms with Gasteiger partial charge >= 0.3 is 0 Å². The molecule has 1 aliphatic carbocycles. The van der Waals surface area contributed by atoms with Crippen LogP contribution < -0.4 is 4.74 Å². The SMILES string of the molecule is CC.CC.COc1c(-c2ccc3c(c2)Cc2ccccc2-3)cc(C)cc1C(C)(C)C. The largest absolute Gasteiger partial charge is 0.496 e. The van der Waals surface area contributed by atoms with Crippen LogP contribution in [0.2, 0.25) is 0 Å². The molecule has 0 radical (unpaired) electrons. The summed E-state index contributed by atoms with van der Waals surface area (Å²) in [6.07, 6.45) is 1.01. The summed E-state index contributed by atoms with van der Waals surface area (Å²) in [5, 5.41) is 0. The third kappa shape index (κ3) is 4.61. The fourth-order valence-corrected chi connectivity index (χ4v) is 4.08. The van der Waals surface area contributed by atoms with E-state index in [1.807, 2.05) is 27.7 Å². The van der Waals surface area contributed by atoms with Gasteiger partial charge in [-0.3, -0.25) is 0 Å². The Labute approximate surface area is 184 Å². The Morgan fingerprint density at radius 1 is 0.733 bits per heavy atom. The van der Waals surface area contributed by atoms with Gasteiger partial charge in [0.15, 0.2) is 0 Å². The van der Waals surface area contributed by atoms with Crippen LogP contribution in [0, 0.1) is 6.92 Å². The maximum absolute atomic E-state index is 5.89. The van der Waals surface area contributed by atoms with E-state index in [1.165, 1.54) is 44.5 Å². The van der Waals surface area contributed by atoms with Gasteiger partial charge in [0.1, 0.15) is 5.75 Å². The maximum atomic E-state index is 5.89. The van der Waals surface area contributed by atoms with Crippen molar-refractivity contribution >= 4 is 0 Å². The van der Waals surface area contributed by atoms with Crippen molar-refractivity contribution in [1.29, 1.82) is 0 Å². The number of benzene rings is 3. The van der Waals surface area contributed by atoms with Crippen LogP contribution in [-0.4, -0.2) is 7.11 Å². The topological polar surface area (TPSA) is 9.23 Å². The van der Waals surface area contributed by atoms with Gasteiger partial charge in [-0.2, -0.15) is 0 Å². The number of fused-ring (bicyclic) bond motifs is 3. The highest BCUT2D eigenvalue weighted by Crippen LogP contribution is 2.43. The van der Waals surface area contributed by atoms with E-state index in [9.17, 15) is 0 Å². The number of ether oxygens (including phenoxy) is 1. The van der Waals surface area contributed by atoms with Crippen molar-refractivity contribution in [3.8, 4) is 28.0 Å². The van der Waals surface area contributed by atoms with Gasteiger partial charge in [-0.05, 0) is 58.2 Å². The van der Waals surface area contributed by atoms with E-state index in [0.717, 1.165) is 12.2 Å². The molecule has 0 saturated heterocycles. The lowest BCUT2D eigenvalue weighted by atomic mass is 9.83. The molecule has 160 valence electrons. The van der Waals surface area contributed by atoms with Gasteiger partial charge in [-0.15, -0.1) is 0 Å². The summed E-state index contributed by atoms with van der Waals surface area (Å²) in [4.78, 5) is 0. The summed E-state index contributed by atoms with van der Waals surface area (Å²) >= 11 is 0. The maximum Gasteiger partial charge on any atom is 0.130 e. The highest BCUT2D eigenvalue weighted by molar-refractivity contribution is 5.82. The number of rotatable bonds is 2. The van der Waals surface area contributed by atoms with Gasteiger partial charge in [0.25, 0.3) is 0 Å². The first kappa shape index (κ1) is 23.7. The van der Waals surface area contributed by atoms with Crippen LogP contribution in [0.3, 0.4) is 0 Å². The van der Waals surface area contributed by atoms with Crippen LogP contribution in [-0.2, 0) is 11.8 Å². The quantitative estimate of drug-likeness (QED) is 0.326. The van der Waals surface area contributed by atoms with Gasteiger partial charge in [0, 0.05) is 11.1 Å². The van der Waals surface area contributed by atoms with Crippen molar-refractivity contribution in [1.82, 2.24) is 0 Å². The first-order valence-electron chi connectivity index (χ1n) is 11.3. The van der Waals surface area contributed by atoms with Gasteiger partial charge in [0.2, 0.25) is 0 Å². The monoisotopic (exact) mass is 402 g/mol. The molecule has 0 N–H and O–H groups in total. The summed E-state index contributed by atoms with van der Waals surface area (Å²) in [5.74, 6) is 0.999. The number of methoxy groups -OCH3 is 1. The molecular weight excluding hydrogens is 364 g/mol. The Morgan fingerprint density at radius 3 is 2.00 bits per heavy atom. The van der Waals surface area contributed by atoms with Crippen molar-refractivity contribution < 1.29 is 4.74 Å². The Hall–Kier alpha value is -2.54. The van der Waals surface area contributed by atoms with Crippen molar-refractivity contribution in [2.75, 3.05) is 7.11 Å². The molecule has 0 atom stereocenters. The molecular formula is C29H38O. The number of hydrogen-bond acceptors (Lipinski definition) is 1. The van der Waals surface area contributed by atoms with Crippen LogP contribution in [0.4, 0.5) is 0 Å². The summed E-state index contributed by atoms with van der Waals surface area (Å²) < 4.78 is 5.89. The molecule has 3 aromatic rings. The minimum atomic E-state index is 0.0408. The number of aryl methyl sites for hydroxylation is 1. The lowest BCUT2D eigenvalue weighted by Crippen LogP contribution is -2.13. The molecule has 4 rings (SSSR count). The minimum absolute atomic E-state index is 0.0408. The summed E-state index contributed by atoms with van der Waals surface area (Å²) in [5.41, 5.74) is 10.6. The lowest BCUT2D eigenvalue weighted by Gasteiger charge is -2.25. The van der Waals surface area contributed by atoms with E-state index >= 15 is 0 Å². The molecule has 1 heteroatoms. The van der Waals surface area contributed by atoms with Crippen LogP contribution in [0.25, 0.3) is 22.3 Å². The highest BCUT2D eigenvalue weighted by Gasteiger charge is 2.24. The molecule has 0 spiro atoms. The highest BCUT2D eigenvalue weighted by atomic mass is 16.5. The molecule has 0 aliphatic heterocycles. The van der Waals surface area contributed by atoms with Crippen LogP contribution in [0.5, 0.6) is 5.75 Å². The smallest absolute Gasteiger partial charge is 0.130 e. The molecule has 0 aromatic heterocycles. The van der Waals surface area contributed by atoms with Crippen LogP contribution in [0.15, 0.2) is 54.6 Å². The lowest BCUT2D eigenvalue weighted by molar-refractivity contribution is 0.399. The molecule has 0 unspecified atom stereocenters. The van der Waals surface area contributed by atoms with Crippen LogP contribution >= 0.6 is 0 Å².